The number of thioether (sulfide) groups is 1. The zero-order chi connectivity index (χ0) is 18.1. The van der Waals surface area contributed by atoms with Gasteiger partial charge in [-0.05, 0) is 36.2 Å². The van der Waals surface area contributed by atoms with E-state index in [4.69, 9.17) is 4.74 Å². The largest absolute Gasteiger partial charge is 0.462 e. The molecule has 0 saturated heterocycles. The van der Waals surface area contributed by atoms with E-state index in [1.165, 1.54) is 11.8 Å². The van der Waals surface area contributed by atoms with E-state index in [0.717, 1.165) is 16.5 Å². The van der Waals surface area contributed by atoms with E-state index in [0.29, 0.717) is 23.6 Å². The summed E-state index contributed by atoms with van der Waals surface area (Å²) in [5.74, 6) is 0.378. The van der Waals surface area contributed by atoms with Gasteiger partial charge in [0.15, 0.2) is 0 Å². The SMILES string of the molecule is CCCOC(=O)c1cc(Br)ccc1NC(=O)CSCc1cccnc1. The molecule has 0 spiro atoms. The Hall–Kier alpha value is -1.86. The van der Waals surface area contributed by atoms with Gasteiger partial charge < -0.3 is 10.1 Å². The molecule has 1 aromatic carbocycles. The van der Waals surface area contributed by atoms with Crippen LogP contribution in [0.3, 0.4) is 0 Å². The molecule has 7 heteroatoms. The molecule has 2 rings (SSSR count). The van der Waals surface area contributed by atoms with Gasteiger partial charge in [0.25, 0.3) is 0 Å². The van der Waals surface area contributed by atoms with Crippen molar-refractivity contribution in [3.8, 4) is 0 Å². The fourth-order valence-electron chi connectivity index (χ4n) is 2.00. The first-order valence-corrected chi connectivity index (χ1v) is 9.78. The number of carbonyl (C=O) groups excluding carboxylic acids is 2. The number of nitrogens with one attached hydrogen (secondary N) is 1. The molecule has 1 N–H and O–H groups in total. The van der Waals surface area contributed by atoms with Crippen molar-refractivity contribution in [3.63, 3.8) is 0 Å². The van der Waals surface area contributed by atoms with Crippen molar-refractivity contribution in [2.75, 3.05) is 17.7 Å². The molecule has 1 amide bonds. The van der Waals surface area contributed by atoms with Gasteiger partial charge in [-0.25, -0.2) is 4.79 Å². The third-order valence-corrected chi connectivity index (χ3v) is 4.63. The summed E-state index contributed by atoms with van der Waals surface area (Å²) in [6.07, 6.45) is 4.24. The number of ether oxygens (including phenoxy) is 1. The standard InChI is InChI=1S/C18H19BrN2O3S/c1-2-8-24-18(23)15-9-14(19)5-6-16(15)21-17(22)12-25-11-13-4-3-7-20-10-13/h3-7,9-10H,2,8,11-12H2,1H3,(H,21,22). The van der Waals surface area contributed by atoms with Crippen LogP contribution in [0.4, 0.5) is 5.69 Å². The van der Waals surface area contributed by atoms with Crippen molar-refractivity contribution in [3.05, 3.63) is 58.3 Å². The van der Waals surface area contributed by atoms with E-state index >= 15 is 0 Å². The van der Waals surface area contributed by atoms with Crippen LogP contribution in [0.1, 0.15) is 29.3 Å². The lowest BCUT2D eigenvalue weighted by molar-refractivity contribution is -0.113. The van der Waals surface area contributed by atoms with Crippen LogP contribution in [0.5, 0.6) is 0 Å². The zero-order valence-electron chi connectivity index (χ0n) is 13.8. The molecule has 0 saturated carbocycles. The molecule has 5 nitrogen and oxygen atoms in total. The fourth-order valence-corrected chi connectivity index (χ4v) is 3.13. The molecule has 0 atom stereocenters. The molecule has 0 aliphatic heterocycles. The summed E-state index contributed by atoms with van der Waals surface area (Å²) in [4.78, 5) is 28.4. The maximum atomic E-state index is 12.2. The average molecular weight is 423 g/mol. The van der Waals surface area contributed by atoms with Crippen molar-refractivity contribution in [2.24, 2.45) is 0 Å². The number of anilines is 1. The number of amides is 1. The van der Waals surface area contributed by atoms with Gasteiger partial charge in [0.1, 0.15) is 0 Å². The Kier molecular flexibility index (Phi) is 7.94. The molecule has 25 heavy (non-hydrogen) atoms. The lowest BCUT2D eigenvalue weighted by Crippen LogP contribution is -2.17. The third kappa shape index (κ3) is 6.51. The number of hydrogen-bond donors (Lipinski definition) is 1. The second-order valence-electron chi connectivity index (χ2n) is 5.23. The van der Waals surface area contributed by atoms with E-state index in [-0.39, 0.29) is 11.7 Å². The van der Waals surface area contributed by atoms with Crippen LogP contribution in [0, 0.1) is 0 Å². The van der Waals surface area contributed by atoms with Gasteiger partial charge in [-0.2, -0.15) is 0 Å². The lowest BCUT2D eigenvalue weighted by atomic mass is 10.2. The maximum absolute atomic E-state index is 12.2. The van der Waals surface area contributed by atoms with Crippen LogP contribution in [0.2, 0.25) is 0 Å². The summed E-state index contributed by atoms with van der Waals surface area (Å²) >= 11 is 4.82. The van der Waals surface area contributed by atoms with Gasteiger partial charge in [0, 0.05) is 22.6 Å². The number of carbonyl (C=O) groups is 2. The molecule has 1 heterocycles. The highest BCUT2D eigenvalue weighted by atomic mass is 79.9. The molecule has 0 fully saturated rings. The normalized spacial score (nSPS) is 10.3. The number of nitrogens with zero attached hydrogens (tertiary/aromatic N) is 1. The molecular weight excluding hydrogens is 404 g/mol. The number of pyridine rings is 1. The number of aromatic nitrogens is 1. The molecule has 132 valence electrons. The zero-order valence-corrected chi connectivity index (χ0v) is 16.2. The first-order valence-electron chi connectivity index (χ1n) is 7.83. The van der Waals surface area contributed by atoms with Crippen LogP contribution in [0.25, 0.3) is 0 Å². The minimum absolute atomic E-state index is 0.166. The average Bonchev–Trinajstić information content (AvgIpc) is 2.62. The van der Waals surface area contributed by atoms with Gasteiger partial charge in [-0.1, -0.05) is 28.9 Å². The Balaban J connectivity index is 1.94. The minimum atomic E-state index is -0.443. The minimum Gasteiger partial charge on any atom is -0.462 e. The Morgan fingerprint density at radius 2 is 2.16 bits per heavy atom. The van der Waals surface area contributed by atoms with Crippen molar-refractivity contribution < 1.29 is 14.3 Å². The van der Waals surface area contributed by atoms with Crippen molar-refractivity contribution in [1.29, 1.82) is 0 Å². The highest BCUT2D eigenvalue weighted by molar-refractivity contribution is 9.10. The molecule has 0 aliphatic carbocycles. The second kappa shape index (κ2) is 10.2. The number of rotatable bonds is 8. The summed E-state index contributed by atoms with van der Waals surface area (Å²) < 4.78 is 5.92. The maximum Gasteiger partial charge on any atom is 0.340 e. The van der Waals surface area contributed by atoms with Crippen LogP contribution < -0.4 is 5.32 Å². The molecule has 0 unspecified atom stereocenters. The summed E-state index contributed by atoms with van der Waals surface area (Å²) in [6.45, 7) is 2.27. The second-order valence-corrected chi connectivity index (χ2v) is 7.13. The molecule has 2 aromatic rings. The van der Waals surface area contributed by atoms with Crippen LogP contribution >= 0.6 is 27.7 Å². The van der Waals surface area contributed by atoms with E-state index in [1.807, 2.05) is 19.1 Å². The predicted octanol–water partition coefficient (Wildman–Crippen LogP) is 4.28. The van der Waals surface area contributed by atoms with Crippen molar-refractivity contribution in [2.45, 2.75) is 19.1 Å². The highest BCUT2D eigenvalue weighted by Gasteiger charge is 2.15. The van der Waals surface area contributed by atoms with E-state index < -0.39 is 5.97 Å². The molecule has 0 aliphatic rings. The van der Waals surface area contributed by atoms with E-state index in [1.54, 1.807) is 30.6 Å². The number of esters is 1. The topological polar surface area (TPSA) is 68.3 Å². The smallest absolute Gasteiger partial charge is 0.340 e. The molecule has 0 bridgehead atoms. The van der Waals surface area contributed by atoms with Crippen LogP contribution in [-0.2, 0) is 15.3 Å². The molecule has 0 radical (unpaired) electrons. The first-order chi connectivity index (χ1) is 12.1. The monoisotopic (exact) mass is 422 g/mol. The van der Waals surface area contributed by atoms with Gasteiger partial charge in [0.05, 0.1) is 23.6 Å². The Morgan fingerprint density at radius 1 is 1.32 bits per heavy atom. The van der Waals surface area contributed by atoms with Crippen LogP contribution in [-0.4, -0.2) is 29.2 Å². The van der Waals surface area contributed by atoms with Crippen LogP contribution in [0.15, 0.2) is 47.2 Å². The number of hydrogen-bond acceptors (Lipinski definition) is 5. The van der Waals surface area contributed by atoms with Gasteiger partial charge >= 0.3 is 5.97 Å². The Morgan fingerprint density at radius 3 is 2.88 bits per heavy atom. The van der Waals surface area contributed by atoms with Gasteiger partial charge in [-0.15, -0.1) is 11.8 Å². The summed E-state index contributed by atoms with van der Waals surface area (Å²) in [5.41, 5.74) is 1.86. The first kappa shape index (κ1) is 19.5. The lowest BCUT2D eigenvalue weighted by Gasteiger charge is -2.11. The Labute approximate surface area is 159 Å². The number of benzene rings is 1. The van der Waals surface area contributed by atoms with Gasteiger partial charge in [-0.3, -0.25) is 9.78 Å². The van der Waals surface area contributed by atoms with Crippen molar-refractivity contribution >= 4 is 45.3 Å². The van der Waals surface area contributed by atoms with Crippen molar-refractivity contribution in [1.82, 2.24) is 4.98 Å². The van der Waals surface area contributed by atoms with E-state index in [9.17, 15) is 9.59 Å². The highest BCUT2D eigenvalue weighted by Crippen LogP contribution is 2.22. The third-order valence-electron chi connectivity index (χ3n) is 3.14. The summed E-state index contributed by atoms with van der Waals surface area (Å²) in [6, 6.07) is 8.95. The Bertz CT molecular complexity index is 726. The summed E-state index contributed by atoms with van der Waals surface area (Å²) in [7, 11) is 0. The number of halogens is 1. The fraction of sp³-hybridized carbons (Fsp3) is 0.278. The van der Waals surface area contributed by atoms with Gasteiger partial charge in [0.2, 0.25) is 5.91 Å². The predicted molar refractivity (Wildman–Crippen MR) is 104 cm³/mol. The van der Waals surface area contributed by atoms with E-state index in [2.05, 4.69) is 26.2 Å². The molecule has 1 aromatic heterocycles. The quantitative estimate of drug-likeness (QED) is 0.642. The molecular formula is C18H19BrN2O3S. The summed E-state index contributed by atoms with van der Waals surface area (Å²) in [5, 5.41) is 2.78.